The molecule has 0 rings (SSSR count). The van der Waals surface area contributed by atoms with Gasteiger partial charge in [-0.25, -0.2) is 0 Å². The zero-order chi connectivity index (χ0) is 14.2. The molecule has 0 saturated heterocycles. The van der Waals surface area contributed by atoms with E-state index in [4.69, 9.17) is 10.2 Å². The summed E-state index contributed by atoms with van der Waals surface area (Å²) in [6.07, 6.45) is 18.9. The van der Waals surface area contributed by atoms with Gasteiger partial charge in [-0.3, -0.25) is 0 Å². The van der Waals surface area contributed by atoms with E-state index in [1.54, 1.807) is 0 Å². The Kier molecular flexibility index (Phi) is 15.4. The van der Waals surface area contributed by atoms with Crippen LogP contribution in [0.1, 0.15) is 84.0 Å². The Bertz CT molecular complexity index is 190. The zero-order valence-corrected chi connectivity index (χ0v) is 12.8. The monoisotopic (exact) mass is 270 g/mol. The van der Waals surface area contributed by atoms with Gasteiger partial charge in [-0.15, -0.1) is 0 Å². The van der Waals surface area contributed by atoms with Crippen molar-refractivity contribution in [2.24, 2.45) is 0 Å². The van der Waals surface area contributed by atoms with Crippen LogP contribution in [0, 0.1) is 0 Å². The van der Waals surface area contributed by atoms with Gasteiger partial charge in [0.05, 0.1) is 12.7 Å². The normalized spacial score (nSPS) is 13.2. The average Bonchev–Trinajstić information content (AvgIpc) is 2.43. The van der Waals surface area contributed by atoms with E-state index in [0.717, 1.165) is 6.42 Å². The zero-order valence-electron chi connectivity index (χ0n) is 12.8. The van der Waals surface area contributed by atoms with Crippen molar-refractivity contribution in [3.63, 3.8) is 0 Å². The number of allylic oxidation sites excluding steroid dienone is 1. The van der Waals surface area contributed by atoms with E-state index in [2.05, 4.69) is 13.0 Å². The van der Waals surface area contributed by atoms with Crippen molar-refractivity contribution in [1.29, 1.82) is 0 Å². The second-order valence-electron chi connectivity index (χ2n) is 5.51. The lowest BCUT2D eigenvalue weighted by molar-refractivity contribution is 0.0975. The third-order valence-electron chi connectivity index (χ3n) is 3.51. The first kappa shape index (κ1) is 18.7. The highest BCUT2D eigenvalue weighted by Crippen LogP contribution is 2.11. The number of rotatable bonds is 14. The molecule has 0 heterocycles. The highest BCUT2D eigenvalue weighted by Gasteiger charge is 1.96. The fourth-order valence-corrected chi connectivity index (χ4v) is 2.20. The van der Waals surface area contributed by atoms with Crippen molar-refractivity contribution in [3.05, 3.63) is 12.2 Å². The number of hydrogen-bond acceptors (Lipinski definition) is 2. The lowest BCUT2D eigenvalue weighted by atomic mass is 10.1. The first-order valence-corrected chi connectivity index (χ1v) is 8.25. The topological polar surface area (TPSA) is 40.5 Å². The fourth-order valence-electron chi connectivity index (χ4n) is 2.20. The number of aliphatic hydroxyl groups excluding tert-OH is 2. The second kappa shape index (κ2) is 15.7. The van der Waals surface area contributed by atoms with Crippen LogP contribution in [0.4, 0.5) is 0 Å². The van der Waals surface area contributed by atoms with Crippen LogP contribution in [0.2, 0.25) is 0 Å². The summed E-state index contributed by atoms with van der Waals surface area (Å²) < 4.78 is 0. The van der Waals surface area contributed by atoms with Crippen LogP contribution in [0.15, 0.2) is 12.2 Å². The summed E-state index contributed by atoms with van der Waals surface area (Å²) in [5, 5.41) is 17.8. The molecule has 114 valence electrons. The van der Waals surface area contributed by atoms with Gasteiger partial charge in [0.2, 0.25) is 0 Å². The molecule has 2 N–H and O–H groups in total. The Balaban J connectivity index is 3.06. The van der Waals surface area contributed by atoms with E-state index < -0.39 is 6.10 Å². The van der Waals surface area contributed by atoms with E-state index in [1.165, 1.54) is 64.2 Å². The summed E-state index contributed by atoms with van der Waals surface area (Å²) in [6, 6.07) is 0. The molecule has 19 heavy (non-hydrogen) atoms. The molecule has 0 fully saturated rings. The largest absolute Gasteiger partial charge is 0.394 e. The van der Waals surface area contributed by atoms with Gasteiger partial charge in [0.25, 0.3) is 0 Å². The molecule has 0 saturated carbocycles. The Hall–Kier alpha value is -0.340. The van der Waals surface area contributed by atoms with Crippen molar-refractivity contribution in [1.82, 2.24) is 0 Å². The van der Waals surface area contributed by atoms with E-state index >= 15 is 0 Å². The van der Waals surface area contributed by atoms with Gasteiger partial charge in [0.1, 0.15) is 0 Å². The quantitative estimate of drug-likeness (QED) is 0.358. The molecule has 0 aromatic rings. The molecule has 2 heteroatoms. The van der Waals surface area contributed by atoms with Crippen LogP contribution in [0.5, 0.6) is 0 Å². The third-order valence-corrected chi connectivity index (χ3v) is 3.51. The van der Waals surface area contributed by atoms with Crippen molar-refractivity contribution in [3.8, 4) is 0 Å². The standard InChI is InChI=1S/C17H34O2/c1-2-3-4-5-6-7-8-9-10-11-12-13-14-15-17(19)16-18/h13-14,17-19H,2-12,15-16H2,1H3. The maximum Gasteiger partial charge on any atom is 0.0805 e. The van der Waals surface area contributed by atoms with Crippen LogP contribution in [0.25, 0.3) is 0 Å². The maximum atomic E-state index is 9.13. The Morgan fingerprint density at radius 1 is 0.789 bits per heavy atom. The van der Waals surface area contributed by atoms with Crippen LogP contribution in [-0.4, -0.2) is 22.9 Å². The molecule has 2 nitrogen and oxygen atoms in total. The molecular weight excluding hydrogens is 236 g/mol. The molecule has 1 unspecified atom stereocenters. The number of unbranched alkanes of at least 4 members (excludes halogenated alkanes) is 10. The van der Waals surface area contributed by atoms with Gasteiger partial charge in [-0.2, -0.15) is 0 Å². The average molecular weight is 270 g/mol. The minimum Gasteiger partial charge on any atom is -0.394 e. The lowest BCUT2D eigenvalue weighted by Gasteiger charge is -2.02. The third kappa shape index (κ3) is 15.6. The van der Waals surface area contributed by atoms with E-state index in [0.29, 0.717) is 6.42 Å². The molecule has 0 aliphatic heterocycles. The molecule has 0 spiro atoms. The molecule has 0 aliphatic carbocycles. The van der Waals surface area contributed by atoms with Gasteiger partial charge in [-0.1, -0.05) is 76.9 Å². The highest BCUT2D eigenvalue weighted by molar-refractivity contribution is 4.83. The molecule has 0 radical (unpaired) electrons. The van der Waals surface area contributed by atoms with E-state index in [1.807, 2.05) is 6.08 Å². The van der Waals surface area contributed by atoms with Crippen molar-refractivity contribution >= 4 is 0 Å². The smallest absolute Gasteiger partial charge is 0.0805 e. The molecule has 0 aliphatic rings. The molecule has 0 bridgehead atoms. The number of hydrogen-bond donors (Lipinski definition) is 2. The maximum absolute atomic E-state index is 9.13. The van der Waals surface area contributed by atoms with Crippen molar-refractivity contribution in [2.45, 2.75) is 90.1 Å². The van der Waals surface area contributed by atoms with E-state index in [9.17, 15) is 0 Å². The minimum absolute atomic E-state index is 0.136. The van der Waals surface area contributed by atoms with Gasteiger partial charge < -0.3 is 10.2 Å². The van der Waals surface area contributed by atoms with Crippen LogP contribution >= 0.6 is 0 Å². The van der Waals surface area contributed by atoms with E-state index in [-0.39, 0.29) is 6.61 Å². The van der Waals surface area contributed by atoms with Gasteiger partial charge in [0.15, 0.2) is 0 Å². The minimum atomic E-state index is -0.580. The summed E-state index contributed by atoms with van der Waals surface area (Å²) >= 11 is 0. The SMILES string of the molecule is CCCCCCCCCCCCC=CCC(O)CO. The molecule has 0 aromatic carbocycles. The van der Waals surface area contributed by atoms with Gasteiger partial charge >= 0.3 is 0 Å². The first-order valence-electron chi connectivity index (χ1n) is 8.25. The molecule has 1 atom stereocenters. The van der Waals surface area contributed by atoms with Gasteiger partial charge in [0, 0.05) is 0 Å². The van der Waals surface area contributed by atoms with Crippen molar-refractivity contribution < 1.29 is 10.2 Å². The second-order valence-corrected chi connectivity index (χ2v) is 5.51. The highest BCUT2D eigenvalue weighted by atomic mass is 16.3. The Morgan fingerprint density at radius 2 is 1.32 bits per heavy atom. The van der Waals surface area contributed by atoms with Crippen molar-refractivity contribution in [2.75, 3.05) is 6.61 Å². The summed E-state index contributed by atoms with van der Waals surface area (Å²) in [7, 11) is 0. The summed E-state index contributed by atoms with van der Waals surface area (Å²) in [5.41, 5.74) is 0. The fraction of sp³-hybridized carbons (Fsp3) is 0.882. The molecule has 0 aromatic heterocycles. The summed E-state index contributed by atoms with van der Waals surface area (Å²) in [4.78, 5) is 0. The summed E-state index contributed by atoms with van der Waals surface area (Å²) in [5.74, 6) is 0. The van der Waals surface area contributed by atoms with Crippen LogP contribution in [-0.2, 0) is 0 Å². The number of aliphatic hydroxyl groups is 2. The predicted octanol–water partition coefficient (Wildman–Crippen LogP) is 4.60. The van der Waals surface area contributed by atoms with Gasteiger partial charge in [-0.05, 0) is 19.3 Å². The Labute approximate surface area is 119 Å². The van der Waals surface area contributed by atoms with Crippen LogP contribution in [0.3, 0.4) is 0 Å². The predicted molar refractivity (Wildman–Crippen MR) is 83.3 cm³/mol. The first-order chi connectivity index (χ1) is 9.31. The Morgan fingerprint density at radius 3 is 1.84 bits per heavy atom. The lowest BCUT2D eigenvalue weighted by Crippen LogP contribution is -2.09. The molecule has 0 amide bonds. The summed E-state index contributed by atoms with van der Waals surface area (Å²) in [6.45, 7) is 2.13. The molecular formula is C17H34O2. The van der Waals surface area contributed by atoms with Crippen LogP contribution < -0.4 is 0 Å².